The summed E-state index contributed by atoms with van der Waals surface area (Å²) in [6.45, 7) is 0.523. The first kappa shape index (κ1) is 12.8. The molecule has 2 rings (SSSR count). The zero-order valence-corrected chi connectivity index (χ0v) is 10.3. The topological polar surface area (TPSA) is 82.6 Å². The van der Waals surface area contributed by atoms with E-state index in [0.717, 1.165) is 6.42 Å². The first-order chi connectivity index (χ1) is 9.34. The molecule has 2 aromatic rings. The van der Waals surface area contributed by atoms with Crippen LogP contribution in [0.3, 0.4) is 0 Å². The minimum Gasteiger partial charge on any atom is -0.350 e. The van der Waals surface area contributed by atoms with Crippen molar-refractivity contribution in [2.75, 3.05) is 6.54 Å². The summed E-state index contributed by atoms with van der Waals surface area (Å²) in [6.07, 6.45) is 3.86. The molecule has 2 N–H and O–H groups in total. The van der Waals surface area contributed by atoms with Crippen LogP contribution in [0, 0.1) is 0 Å². The van der Waals surface area contributed by atoms with Gasteiger partial charge >= 0.3 is 12.0 Å². The number of nitrogens with zero attached hydrogens (tertiary/aromatic N) is 3. The smallest absolute Gasteiger partial charge is 0.350 e. The van der Waals surface area contributed by atoms with Gasteiger partial charge in [0.25, 0.3) is 0 Å². The molecule has 0 aliphatic rings. The first-order valence-corrected chi connectivity index (χ1v) is 5.80. The molecule has 0 radical (unpaired) electrons. The van der Waals surface area contributed by atoms with Gasteiger partial charge in [-0.05, 0) is 18.1 Å². The van der Waals surface area contributed by atoms with Gasteiger partial charge in [0.05, 0.1) is 0 Å². The summed E-state index contributed by atoms with van der Waals surface area (Å²) < 4.78 is 0. The second-order valence-electron chi connectivity index (χ2n) is 3.65. The van der Waals surface area contributed by atoms with Crippen LogP contribution in [0.15, 0.2) is 53.8 Å². The number of benzene rings is 1. The van der Waals surface area contributed by atoms with Gasteiger partial charge in [0, 0.05) is 18.9 Å². The van der Waals surface area contributed by atoms with Gasteiger partial charge in [-0.2, -0.15) is 0 Å². The van der Waals surface area contributed by atoms with Crippen molar-refractivity contribution >= 4 is 6.02 Å². The van der Waals surface area contributed by atoms with Gasteiger partial charge in [0.1, 0.15) is 0 Å². The van der Waals surface area contributed by atoms with Crippen LogP contribution in [0.5, 0.6) is 6.01 Å². The Bertz CT molecular complexity index is 517. The van der Waals surface area contributed by atoms with Gasteiger partial charge in [0.15, 0.2) is 0 Å². The Morgan fingerprint density at radius 2 is 1.84 bits per heavy atom. The summed E-state index contributed by atoms with van der Waals surface area (Å²) in [5.74, 6) is 0. The number of aliphatic imine (C=N–C) groups is 1. The lowest BCUT2D eigenvalue weighted by Gasteiger charge is -2.02. The number of hydrogen-bond donors (Lipinski definition) is 1. The molecule has 0 atom stereocenters. The summed E-state index contributed by atoms with van der Waals surface area (Å²) in [5.41, 5.74) is 6.72. The van der Waals surface area contributed by atoms with Crippen LogP contribution in [0.2, 0.25) is 0 Å². The second kappa shape index (κ2) is 6.95. The number of nitrogens with two attached hydrogens (primary N) is 1. The molecule has 0 aliphatic heterocycles. The Labute approximate surface area is 110 Å². The number of amidine groups is 1. The van der Waals surface area contributed by atoms with E-state index in [0.29, 0.717) is 6.54 Å². The molecule has 1 aromatic heterocycles. The Hall–Kier alpha value is -2.63. The molecule has 0 amide bonds. The van der Waals surface area contributed by atoms with Crippen molar-refractivity contribution in [2.24, 2.45) is 10.7 Å². The van der Waals surface area contributed by atoms with Crippen molar-refractivity contribution in [1.29, 1.82) is 0 Å². The van der Waals surface area contributed by atoms with Crippen LogP contribution in [0.4, 0.5) is 0 Å². The number of aromatic nitrogens is 2. The quantitative estimate of drug-likeness (QED) is 0.379. The van der Waals surface area contributed by atoms with Crippen LogP contribution in [-0.2, 0) is 11.3 Å². The monoisotopic (exact) mass is 258 g/mol. The van der Waals surface area contributed by atoms with Gasteiger partial charge < -0.3 is 5.73 Å². The average molecular weight is 258 g/mol. The maximum absolute atomic E-state index is 5.53. The highest BCUT2D eigenvalue weighted by Gasteiger charge is 1.99. The number of hydrogen-bond acceptors (Lipinski definition) is 5. The Morgan fingerprint density at radius 1 is 1.11 bits per heavy atom. The van der Waals surface area contributed by atoms with Gasteiger partial charge in [-0.3, -0.25) is 0 Å². The summed E-state index contributed by atoms with van der Waals surface area (Å²) >= 11 is 0. The highest BCUT2D eigenvalue weighted by atomic mass is 17.2. The van der Waals surface area contributed by atoms with E-state index < -0.39 is 0 Å². The molecule has 0 fully saturated rings. The van der Waals surface area contributed by atoms with Crippen LogP contribution in [0.25, 0.3) is 0 Å². The minimum atomic E-state index is -0.0524. The van der Waals surface area contributed by atoms with Gasteiger partial charge in [-0.1, -0.05) is 30.3 Å². The third-order valence-electron chi connectivity index (χ3n) is 2.25. The summed E-state index contributed by atoms with van der Waals surface area (Å²) in [6, 6.07) is 11.7. The largest absolute Gasteiger partial charge is 0.366 e. The molecule has 0 spiro atoms. The minimum absolute atomic E-state index is 0.0524. The van der Waals surface area contributed by atoms with Gasteiger partial charge in [0.2, 0.25) is 0 Å². The summed E-state index contributed by atoms with van der Waals surface area (Å²) in [7, 11) is 0. The lowest BCUT2D eigenvalue weighted by molar-refractivity contribution is -0.127. The maximum Gasteiger partial charge on any atom is 0.366 e. The third kappa shape index (κ3) is 4.63. The fourth-order valence-corrected chi connectivity index (χ4v) is 1.37. The van der Waals surface area contributed by atoms with E-state index in [2.05, 4.69) is 15.0 Å². The van der Waals surface area contributed by atoms with E-state index >= 15 is 0 Å². The molecule has 0 bridgehead atoms. The molecule has 0 saturated carbocycles. The van der Waals surface area contributed by atoms with Crippen LogP contribution in [0.1, 0.15) is 5.56 Å². The molecular formula is C13H14N4O2. The van der Waals surface area contributed by atoms with E-state index in [9.17, 15) is 0 Å². The standard InChI is InChI=1S/C13H14N4O2/c14-12(18-19-13-16-8-4-9-17-13)15-10-7-11-5-2-1-3-6-11/h1-6,8-9H,7,10H2,(H2,14,15). The fourth-order valence-electron chi connectivity index (χ4n) is 1.37. The van der Waals surface area contributed by atoms with E-state index in [1.807, 2.05) is 30.3 Å². The van der Waals surface area contributed by atoms with Crippen molar-refractivity contribution in [3.63, 3.8) is 0 Å². The first-order valence-electron chi connectivity index (χ1n) is 5.80. The molecule has 0 aliphatic carbocycles. The molecule has 0 unspecified atom stereocenters. The van der Waals surface area contributed by atoms with Crippen molar-refractivity contribution in [2.45, 2.75) is 6.42 Å². The highest BCUT2D eigenvalue weighted by molar-refractivity contribution is 5.70. The van der Waals surface area contributed by atoms with Gasteiger partial charge in [-0.15, -0.1) is 0 Å². The van der Waals surface area contributed by atoms with E-state index in [-0.39, 0.29) is 12.0 Å². The van der Waals surface area contributed by atoms with Gasteiger partial charge in [-0.25, -0.2) is 24.7 Å². The van der Waals surface area contributed by atoms with Crippen molar-refractivity contribution in [3.8, 4) is 6.01 Å². The van der Waals surface area contributed by atoms with Crippen molar-refractivity contribution < 1.29 is 9.78 Å². The molecule has 6 heteroatoms. The molecule has 98 valence electrons. The lowest BCUT2D eigenvalue weighted by Crippen LogP contribution is -2.19. The SMILES string of the molecule is NC(=NCCc1ccccc1)OOc1ncccn1. The van der Waals surface area contributed by atoms with Crippen molar-refractivity contribution in [3.05, 3.63) is 54.4 Å². The second-order valence-corrected chi connectivity index (χ2v) is 3.65. The Balaban J connectivity index is 1.74. The van der Waals surface area contributed by atoms with Crippen LogP contribution < -0.4 is 10.6 Å². The maximum atomic E-state index is 5.53. The number of rotatable bonds is 5. The average Bonchev–Trinajstić information content (AvgIpc) is 2.47. The summed E-state index contributed by atoms with van der Waals surface area (Å²) in [4.78, 5) is 21.2. The molecule has 0 saturated heterocycles. The molecular weight excluding hydrogens is 244 g/mol. The van der Waals surface area contributed by atoms with Crippen molar-refractivity contribution in [1.82, 2.24) is 9.97 Å². The van der Waals surface area contributed by atoms with E-state index in [1.165, 1.54) is 18.0 Å². The zero-order chi connectivity index (χ0) is 13.3. The van der Waals surface area contributed by atoms with E-state index in [1.54, 1.807) is 6.07 Å². The molecule has 1 aromatic carbocycles. The lowest BCUT2D eigenvalue weighted by atomic mass is 10.2. The zero-order valence-electron chi connectivity index (χ0n) is 10.3. The Morgan fingerprint density at radius 3 is 2.58 bits per heavy atom. The predicted octanol–water partition coefficient (Wildman–Crippen LogP) is 1.34. The van der Waals surface area contributed by atoms with Crippen LogP contribution in [-0.4, -0.2) is 22.5 Å². The molecule has 1 heterocycles. The predicted molar refractivity (Wildman–Crippen MR) is 70.4 cm³/mol. The Kier molecular flexibility index (Phi) is 4.69. The molecule has 19 heavy (non-hydrogen) atoms. The fraction of sp³-hybridized carbons (Fsp3) is 0.154. The third-order valence-corrected chi connectivity index (χ3v) is 2.25. The highest BCUT2D eigenvalue weighted by Crippen LogP contribution is 2.00. The van der Waals surface area contributed by atoms with E-state index in [4.69, 9.17) is 15.5 Å². The summed E-state index contributed by atoms with van der Waals surface area (Å²) in [5, 5.41) is 0. The van der Waals surface area contributed by atoms with Crippen LogP contribution >= 0.6 is 0 Å². The normalized spacial score (nSPS) is 11.1. The molecule has 6 nitrogen and oxygen atoms in total.